The number of halogens is 2. The van der Waals surface area contributed by atoms with E-state index < -0.39 is 17.3 Å². The second-order valence-electron chi connectivity index (χ2n) is 6.23. The molecule has 5 heteroatoms. The molecule has 3 N–H and O–H groups in total. The highest BCUT2D eigenvalue weighted by Crippen LogP contribution is 2.22. The van der Waals surface area contributed by atoms with E-state index in [1.165, 1.54) is 12.1 Å². The van der Waals surface area contributed by atoms with Gasteiger partial charge in [0.25, 0.3) is 5.91 Å². The molecule has 0 unspecified atom stereocenters. The summed E-state index contributed by atoms with van der Waals surface area (Å²) >= 11 is 0. The number of carbonyl (C=O) groups excluding carboxylic acids is 1. The Morgan fingerprint density at radius 1 is 1.13 bits per heavy atom. The number of hydrogen-bond donors (Lipinski definition) is 2. The molecule has 2 rings (SSSR count). The number of carbonyl (C=O) groups is 1. The van der Waals surface area contributed by atoms with Gasteiger partial charge >= 0.3 is 0 Å². The molecule has 2 aromatic rings. The van der Waals surface area contributed by atoms with Crippen LogP contribution in [0.4, 0.5) is 4.39 Å². The second-order valence-corrected chi connectivity index (χ2v) is 6.23. The minimum atomic E-state index is -0.537. The quantitative estimate of drug-likeness (QED) is 0.894. The van der Waals surface area contributed by atoms with E-state index in [0.717, 1.165) is 16.7 Å². The van der Waals surface area contributed by atoms with Crippen LogP contribution in [0.15, 0.2) is 42.5 Å². The van der Waals surface area contributed by atoms with E-state index in [-0.39, 0.29) is 24.5 Å². The Kier molecular flexibility index (Phi) is 6.30. The fourth-order valence-electron chi connectivity index (χ4n) is 2.03. The smallest absolute Gasteiger partial charge is 0.254 e. The summed E-state index contributed by atoms with van der Waals surface area (Å²) < 4.78 is 14.2. The maximum Gasteiger partial charge on any atom is 0.254 e. The highest BCUT2D eigenvalue weighted by Gasteiger charge is 2.16. The van der Waals surface area contributed by atoms with Gasteiger partial charge in [-0.2, -0.15) is 0 Å². The fourth-order valence-corrected chi connectivity index (χ4v) is 2.03. The van der Waals surface area contributed by atoms with Gasteiger partial charge in [0.05, 0.1) is 5.56 Å². The summed E-state index contributed by atoms with van der Waals surface area (Å²) in [7, 11) is 0. The summed E-state index contributed by atoms with van der Waals surface area (Å²) in [4.78, 5) is 12.0. The molecule has 0 fully saturated rings. The lowest BCUT2D eigenvalue weighted by molar-refractivity contribution is 0.0942. The molecule has 0 spiro atoms. The standard InChI is InChI=1S/C18H21FN2O.ClH/c1-12-4-6-13(7-5-12)14-8-9-15(16(19)10-14)17(22)21-11-18(2,3)20;/h4-10H,11,20H2,1-3H3,(H,21,22);1H. The number of benzene rings is 2. The first kappa shape index (κ1) is 19.1. The first-order valence-corrected chi connectivity index (χ1v) is 7.20. The van der Waals surface area contributed by atoms with Gasteiger partial charge in [0.2, 0.25) is 0 Å². The predicted octanol–water partition coefficient (Wildman–Crippen LogP) is 3.69. The lowest BCUT2D eigenvalue weighted by Gasteiger charge is -2.19. The Labute approximate surface area is 142 Å². The minimum absolute atomic E-state index is 0. The van der Waals surface area contributed by atoms with E-state index in [2.05, 4.69) is 5.32 Å². The largest absolute Gasteiger partial charge is 0.350 e. The number of rotatable bonds is 4. The summed E-state index contributed by atoms with van der Waals surface area (Å²) in [6.07, 6.45) is 0. The minimum Gasteiger partial charge on any atom is -0.350 e. The van der Waals surface area contributed by atoms with Crippen molar-refractivity contribution in [3.05, 3.63) is 59.4 Å². The van der Waals surface area contributed by atoms with Crippen molar-refractivity contribution < 1.29 is 9.18 Å². The van der Waals surface area contributed by atoms with Gasteiger partial charge in [-0.3, -0.25) is 4.79 Å². The third-order valence-corrected chi connectivity index (χ3v) is 3.30. The highest BCUT2D eigenvalue weighted by molar-refractivity contribution is 5.95. The first-order valence-electron chi connectivity index (χ1n) is 7.20. The number of aryl methyl sites for hydroxylation is 1. The molecule has 124 valence electrons. The summed E-state index contributed by atoms with van der Waals surface area (Å²) in [5.41, 5.74) is 8.10. The molecule has 0 heterocycles. The Morgan fingerprint density at radius 2 is 1.70 bits per heavy atom. The van der Waals surface area contributed by atoms with E-state index in [0.29, 0.717) is 0 Å². The first-order chi connectivity index (χ1) is 10.3. The van der Waals surface area contributed by atoms with Crippen LogP contribution in [0.5, 0.6) is 0 Å². The van der Waals surface area contributed by atoms with Crippen molar-refractivity contribution >= 4 is 18.3 Å². The van der Waals surface area contributed by atoms with E-state index >= 15 is 0 Å². The molecule has 0 bridgehead atoms. The van der Waals surface area contributed by atoms with Crippen LogP contribution < -0.4 is 11.1 Å². The molecule has 3 nitrogen and oxygen atoms in total. The van der Waals surface area contributed by atoms with Crippen molar-refractivity contribution in [1.82, 2.24) is 5.32 Å². The van der Waals surface area contributed by atoms with Gasteiger partial charge in [0.15, 0.2) is 0 Å². The zero-order chi connectivity index (χ0) is 16.3. The lowest BCUT2D eigenvalue weighted by atomic mass is 10.0. The SMILES string of the molecule is Cc1ccc(-c2ccc(C(=O)NCC(C)(C)N)c(F)c2)cc1.Cl. The molecule has 0 saturated heterocycles. The molecular weight excluding hydrogens is 315 g/mol. The Bertz CT molecular complexity index is 678. The van der Waals surface area contributed by atoms with Crippen molar-refractivity contribution in [2.45, 2.75) is 26.3 Å². The van der Waals surface area contributed by atoms with Crippen molar-refractivity contribution in [1.29, 1.82) is 0 Å². The van der Waals surface area contributed by atoms with E-state index in [4.69, 9.17) is 5.73 Å². The molecular formula is C18H22ClFN2O. The van der Waals surface area contributed by atoms with Crippen LogP contribution in [0.25, 0.3) is 11.1 Å². The maximum atomic E-state index is 14.2. The summed E-state index contributed by atoms with van der Waals surface area (Å²) in [6, 6.07) is 12.4. The lowest BCUT2D eigenvalue weighted by Crippen LogP contribution is -2.45. The van der Waals surface area contributed by atoms with Gasteiger partial charge in [-0.25, -0.2) is 4.39 Å². The molecule has 0 aliphatic rings. The van der Waals surface area contributed by atoms with Gasteiger partial charge in [-0.05, 0) is 44.0 Å². The number of nitrogens with one attached hydrogen (secondary N) is 1. The zero-order valence-corrected chi connectivity index (χ0v) is 14.3. The van der Waals surface area contributed by atoms with Crippen LogP contribution in [0.1, 0.15) is 29.8 Å². The topological polar surface area (TPSA) is 55.1 Å². The summed E-state index contributed by atoms with van der Waals surface area (Å²) in [5.74, 6) is -0.989. The van der Waals surface area contributed by atoms with E-state index in [1.807, 2.05) is 31.2 Å². The number of hydrogen-bond acceptors (Lipinski definition) is 2. The molecule has 0 atom stereocenters. The Morgan fingerprint density at radius 3 is 2.22 bits per heavy atom. The number of nitrogens with two attached hydrogens (primary N) is 1. The third-order valence-electron chi connectivity index (χ3n) is 3.30. The average Bonchev–Trinajstić information content (AvgIpc) is 2.44. The zero-order valence-electron chi connectivity index (χ0n) is 13.5. The van der Waals surface area contributed by atoms with Crippen LogP contribution in [-0.4, -0.2) is 18.0 Å². The predicted molar refractivity (Wildman–Crippen MR) is 94.4 cm³/mol. The molecule has 1 amide bonds. The van der Waals surface area contributed by atoms with Gasteiger partial charge in [0, 0.05) is 12.1 Å². The van der Waals surface area contributed by atoms with E-state index in [1.54, 1.807) is 19.9 Å². The summed E-state index contributed by atoms with van der Waals surface area (Å²) in [5, 5.41) is 2.64. The van der Waals surface area contributed by atoms with Crippen molar-refractivity contribution in [2.75, 3.05) is 6.54 Å². The summed E-state index contributed by atoms with van der Waals surface area (Å²) in [6.45, 7) is 5.87. The fraction of sp³-hybridized carbons (Fsp3) is 0.278. The van der Waals surface area contributed by atoms with Gasteiger partial charge < -0.3 is 11.1 Å². The maximum absolute atomic E-state index is 14.2. The van der Waals surface area contributed by atoms with Crippen LogP contribution in [0.2, 0.25) is 0 Å². The molecule has 0 aliphatic carbocycles. The Balaban J connectivity index is 0.00000264. The molecule has 0 aliphatic heterocycles. The molecule has 23 heavy (non-hydrogen) atoms. The number of amides is 1. The van der Waals surface area contributed by atoms with Gasteiger partial charge in [0.1, 0.15) is 5.82 Å². The molecule has 0 radical (unpaired) electrons. The normalized spacial score (nSPS) is 10.8. The van der Waals surface area contributed by atoms with Crippen molar-refractivity contribution in [2.24, 2.45) is 5.73 Å². The highest BCUT2D eigenvalue weighted by atomic mass is 35.5. The van der Waals surface area contributed by atoms with Crippen molar-refractivity contribution in [3.63, 3.8) is 0 Å². The van der Waals surface area contributed by atoms with Gasteiger partial charge in [-0.15, -0.1) is 12.4 Å². The monoisotopic (exact) mass is 336 g/mol. The Hall–Kier alpha value is -1.91. The van der Waals surface area contributed by atoms with Crippen molar-refractivity contribution in [3.8, 4) is 11.1 Å². The molecule has 0 saturated carbocycles. The molecule has 0 aromatic heterocycles. The third kappa shape index (κ3) is 5.34. The molecule has 2 aromatic carbocycles. The van der Waals surface area contributed by atoms with Crippen LogP contribution in [0, 0.1) is 12.7 Å². The van der Waals surface area contributed by atoms with Crippen LogP contribution in [0.3, 0.4) is 0 Å². The van der Waals surface area contributed by atoms with Gasteiger partial charge in [-0.1, -0.05) is 35.9 Å². The second kappa shape index (κ2) is 7.57. The average molecular weight is 337 g/mol. The van der Waals surface area contributed by atoms with Crippen LogP contribution in [-0.2, 0) is 0 Å². The van der Waals surface area contributed by atoms with Crippen LogP contribution >= 0.6 is 12.4 Å². The van der Waals surface area contributed by atoms with E-state index in [9.17, 15) is 9.18 Å².